The van der Waals surface area contributed by atoms with Crippen molar-refractivity contribution in [2.45, 2.75) is 58.1 Å². The van der Waals surface area contributed by atoms with Gasteiger partial charge in [0.05, 0.1) is 12.2 Å². The van der Waals surface area contributed by atoms with Gasteiger partial charge in [-0.05, 0) is 37.5 Å². The molecule has 0 aromatic heterocycles. The van der Waals surface area contributed by atoms with Crippen molar-refractivity contribution in [3.63, 3.8) is 0 Å². The molecule has 1 atom stereocenters. The van der Waals surface area contributed by atoms with Crippen LogP contribution in [0.15, 0.2) is 0 Å². The van der Waals surface area contributed by atoms with Crippen LogP contribution >= 0.6 is 0 Å². The fraction of sp³-hybridized carbons (Fsp3) is 1.00. The summed E-state index contributed by atoms with van der Waals surface area (Å²) in [5.41, 5.74) is -0.547. The number of aliphatic hydroxyl groups excluding tert-OH is 1. The maximum absolute atomic E-state index is 10.4. The molecule has 0 heterocycles. The molecule has 3 heteroatoms. The standard InChI is InChI=1S/C13H27NO2/c1-10(2)12(8-15)14-9-13(16)6-4-11(3)5-7-13/h10-12,14-16H,4-9H2,1-3H3/t11?,12-,13?/m1/s1. The number of rotatable bonds is 5. The molecular formula is C13H27NO2. The smallest absolute Gasteiger partial charge is 0.0771 e. The lowest BCUT2D eigenvalue weighted by Gasteiger charge is -2.36. The Labute approximate surface area is 99.3 Å². The van der Waals surface area contributed by atoms with Crippen LogP contribution in [0.2, 0.25) is 0 Å². The molecule has 0 saturated heterocycles. The molecule has 0 unspecified atom stereocenters. The van der Waals surface area contributed by atoms with Gasteiger partial charge in [0.25, 0.3) is 0 Å². The maximum atomic E-state index is 10.4. The minimum absolute atomic E-state index is 0.100. The van der Waals surface area contributed by atoms with Gasteiger partial charge in [0, 0.05) is 12.6 Å². The second kappa shape index (κ2) is 5.99. The van der Waals surface area contributed by atoms with E-state index in [-0.39, 0.29) is 12.6 Å². The molecule has 1 fully saturated rings. The van der Waals surface area contributed by atoms with Crippen LogP contribution in [-0.4, -0.2) is 35.0 Å². The Hall–Kier alpha value is -0.120. The lowest BCUT2D eigenvalue weighted by Crippen LogP contribution is -2.49. The highest BCUT2D eigenvalue weighted by molar-refractivity contribution is 4.87. The van der Waals surface area contributed by atoms with Crippen molar-refractivity contribution in [3.8, 4) is 0 Å². The molecule has 1 rings (SSSR count). The first kappa shape index (κ1) is 13.9. The SMILES string of the molecule is CC1CCC(O)(CN[C@H](CO)C(C)C)CC1. The summed E-state index contributed by atoms with van der Waals surface area (Å²) < 4.78 is 0. The largest absolute Gasteiger partial charge is 0.395 e. The summed E-state index contributed by atoms with van der Waals surface area (Å²) >= 11 is 0. The highest BCUT2D eigenvalue weighted by Gasteiger charge is 2.32. The van der Waals surface area contributed by atoms with Gasteiger partial charge < -0.3 is 15.5 Å². The summed E-state index contributed by atoms with van der Waals surface area (Å²) in [5, 5.41) is 22.9. The third kappa shape index (κ3) is 4.04. The lowest BCUT2D eigenvalue weighted by molar-refractivity contribution is -0.0109. The minimum atomic E-state index is -0.547. The van der Waals surface area contributed by atoms with Crippen molar-refractivity contribution in [1.29, 1.82) is 0 Å². The Bertz CT molecular complexity index is 198. The molecule has 96 valence electrons. The van der Waals surface area contributed by atoms with Gasteiger partial charge in [-0.2, -0.15) is 0 Å². The van der Waals surface area contributed by atoms with Crippen molar-refractivity contribution in [2.75, 3.05) is 13.2 Å². The third-order valence-electron chi connectivity index (χ3n) is 3.90. The van der Waals surface area contributed by atoms with Crippen LogP contribution in [0.4, 0.5) is 0 Å². The van der Waals surface area contributed by atoms with Crippen LogP contribution in [0.3, 0.4) is 0 Å². The molecule has 3 N–H and O–H groups in total. The average molecular weight is 229 g/mol. The van der Waals surface area contributed by atoms with E-state index in [2.05, 4.69) is 26.1 Å². The van der Waals surface area contributed by atoms with E-state index in [1.165, 1.54) is 0 Å². The Kier molecular flexibility index (Phi) is 5.22. The van der Waals surface area contributed by atoms with Crippen molar-refractivity contribution in [3.05, 3.63) is 0 Å². The first-order chi connectivity index (χ1) is 7.47. The first-order valence-electron chi connectivity index (χ1n) is 6.53. The van der Waals surface area contributed by atoms with Crippen molar-refractivity contribution >= 4 is 0 Å². The van der Waals surface area contributed by atoms with E-state index in [0.29, 0.717) is 12.5 Å². The number of hydrogen-bond donors (Lipinski definition) is 3. The molecule has 0 bridgehead atoms. The van der Waals surface area contributed by atoms with E-state index in [4.69, 9.17) is 0 Å². The van der Waals surface area contributed by atoms with Gasteiger partial charge in [0.1, 0.15) is 0 Å². The summed E-state index contributed by atoms with van der Waals surface area (Å²) in [5.74, 6) is 1.15. The normalized spacial score (nSPS) is 33.0. The van der Waals surface area contributed by atoms with Gasteiger partial charge >= 0.3 is 0 Å². The molecule has 0 aromatic carbocycles. The molecule has 3 nitrogen and oxygen atoms in total. The minimum Gasteiger partial charge on any atom is -0.395 e. The number of hydrogen-bond acceptors (Lipinski definition) is 3. The lowest BCUT2D eigenvalue weighted by atomic mass is 9.79. The molecular weight excluding hydrogens is 202 g/mol. The molecule has 0 aliphatic heterocycles. The Balaban J connectivity index is 2.35. The average Bonchev–Trinajstić information content (AvgIpc) is 2.23. The summed E-state index contributed by atoms with van der Waals surface area (Å²) in [7, 11) is 0. The first-order valence-corrected chi connectivity index (χ1v) is 6.53. The zero-order valence-corrected chi connectivity index (χ0v) is 10.9. The van der Waals surface area contributed by atoms with Gasteiger partial charge in [0.2, 0.25) is 0 Å². The predicted molar refractivity (Wildman–Crippen MR) is 66.3 cm³/mol. The van der Waals surface area contributed by atoms with E-state index in [1.807, 2.05) is 0 Å². The van der Waals surface area contributed by atoms with Crippen LogP contribution in [0.25, 0.3) is 0 Å². The zero-order chi connectivity index (χ0) is 12.2. The zero-order valence-electron chi connectivity index (χ0n) is 10.9. The molecule has 0 spiro atoms. The van der Waals surface area contributed by atoms with Gasteiger partial charge in [-0.15, -0.1) is 0 Å². The van der Waals surface area contributed by atoms with Gasteiger partial charge in [-0.25, -0.2) is 0 Å². The Morgan fingerprint density at radius 3 is 2.31 bits per heavy atom. The summed E-state index contributed by atoms with van der Waals surface area (Å²) in [6.07, 6.45) is 4.00. The second-order valence-corrected chi connectivity index (χ2v) is 5.82. The molecule has 1 aliphatic carbocycles. The maximum Gasteiger partial charge on any atom is 0.0771 e. The van der Waals surface area contributed by atoms with Crippen LogP contribution < -0.4 is 5.32 Å². The number of aliphatic hydroxyl groups is 2. The topological polar surface area (TPSA) is 52.5 Å². The van der Waals surface area contributed by atoms with Gasteiger partial charge in [0.15, 0.2) is 0 Å². The molecule has 0 radical (unpaired) electrons. The quantitative estimate of drug-likeness (QED) is 0.670. The summed E-state index contributed by atoms with van der Waals surface area (Å²) in [6, 6.07) is 0.100. The Morgan fingerprint density at radius 1 is 1.31 bits per heavy atom. The van der Waals surface area contributed by atoms with E-state index >= 15 is 0 Å². The van der Waals surface area contributed by atoms with Crippen LogP contribution in [0.5, 0.6) is 0 Å². The fourth-order valence-electron chi connectivity index (χ4n) is 2.31. The van der Waals surface area contributed by atoms with Crippen LogP contribution in [-0.2, 0) is 0 Å². The van der Waals surface area contributed by atoms with Crippen molar-refractivity contribution in [1.82, 2.24) is 5.32 Å². The molecule has 1 saturated carbocycles. The van der Waals surface area contributed by atoms with Crippen LogP contribution in [0, 0.1) is 11.8 Å². The molecule has 0 aromatic rings. The third-order valence-corrected chi connectivity index (χ3v) is 3.90. The van der Waals surface area contributed by atoms with E-state index in [9.17, 15) is 10.2 Å². The molecule has 1 aliphatic rings. The van der Waals surface area contributed by atoms with E-state index in [0.717, 1.165) is 31.6 Å². The fourth-order valence-corrected chi connectivity index (χ4v) is 2.31. The van der Waals surface area contributed by atoms with Crippen molar-refractivity contribution in [2.24, 2.45) is 11.8 Å². The molecule has 0 amide bonds. The second-order valence-electron chi connectivity index (χ2n) is 5.82. The van der Waals surface area contributed by atoms with Gasteiger partial charge in [-0.1, -0.05) is 20.8 Å². The van der Waals surface area contributed by atoms with E-state index in [1.54, 1.807) is 0 Å². The predicted octanol–water partition coefficient (Wildman–Crippen LogP) is 1.53. The highest BCUT2D eigenvalue weighted by Crippen LogP contribution is 2.31. The van der Waals surface area contributed by atoms with Crippen LogP contribution in [0.1, 0.15) is 46.5 Å². The number of nitrogens with one attached hydrogen (secondary N) is 1. The Morgan fingerprint density at radius 2 is 1.88 bits per heavy atom. The monoisotopic (exact) mass is 229 g/mol. The summed E-state index contributed by atoms with van der Waals surface area (Å²) in [4.78, 5) is 0. The van der Waals surface area contributed by atoms with Gasteiger partial charge in [-0.3, -0.25) is 0 Å². The summed E-state index contributed by atoms with van der Waals surface area (Å²) in [6.45, 7) is 7.17. The molecule has 16 heavy (non-hydrogen) atoms. The van der Waals surface area contributed by atoms with E-state index < -0.39 is 5.60 Å². The van der Waals surface area contributed by atoms with Crippen molar-refractivity contribution < 1.29 is 10.2 Å². The highest BCUT2D eigenvalue weighted by atomic mass is 16.3.